The lowest BCUT2D eigenvalue weighted by Crippen LogP contribution is -2.09. The van der Waals surface area contributed by atoms with Crippen LogP contribution in [0.4, 0.5) is 5.69 Å². The Balaban J connectivity index is 1.81. The van der Waals surface area contributed by atoms with Crippen LogP contribution in [0.5, 0.6) is 5.88 Å². The van der Waals surface area contributed by atoms with Crippen molar-refractivity contribution in [3.8, 4) is 5.88 Å². The first-order chi connectivity index (χ1) is 10.8. The minimum Gasteiger partial charge on any atom is -0.481 e. The minimum atomic E-state index is 0.264. The van der Waals surface area contributed by atoms with E-state index < -0.39 is 0 Å². The summed E-state index contributed by atoms with van der Waals surface area (Å²) in [4.78, 5) is 4.45. The summed E-state index contributed by atoms with van der Waals surface area (Å²) in [5, 5.41) is 3.48. The molecule has 1 aliphatic rings. The van der Waals surface area contributed by atoms with Crippen molar-refractivity contribution in [2.24, 2.45) is 5.92 Å². The molecule has 1 fully saturated rings. The van der Waals surface area contributed by atoms with Crippen molar-refractivity contribution in [3.63, 3.8) is 0 Å². The second-order valence-electron chi connectivity index (χ2n) is 5.82. The van der Waals surface area contributed by atoms with Gasteiger partial charge < -0.3 is 19.5 Å². The van der Waals surface area contributed by atoms with Gasteiger partial charge in [0.05, 0.1) is 25.1 Å². The highest BCUT2D eigenvalue weighted by Crippen LogP contribution is 2.28. The fourth-order valence-corrected chi connectivity index (χ4v) is 3.00. The molecular formula is C17H28N2O3. The summed E-state index contributed by atoms with van der Waals surface area (Å²) in [6.07, 6.45) is 8.20. The number of rotatable bonds is 10. The lowest BCUT2D eigenvalue weighted by Gasteiger charge is -2.14. The Bertz CT molecular complexity index is 434. The molecule has 1 saturated carbocycles. The number of nitrogens with zero attached hydrogens (tertiary/aromatic N) is 1. The van der Waals surface area contributed by atoms with Gasteiger partial charge in [-0.25, -0.2) is 4.98 Å². The van der Waals surface area contributed by atoms with Gasteiger partial charge in [-0.2, -0.15) is 0 Å². The molecular weight excluding hydrogens is 280 g/mol. The Morgan fingerprint density at radius 1 is 1.23 bits per heavy atom. The summed E-state index contributed by atoms with van der Waals surface area (Å²) >= 11 is 0. The van der Waals surface area contributed by atoms with E-state index in [0.29, 0.717) is 12.5 Å². The molecule has 124 valence electrons. The normalized spacial score (nSPS) is 15.2. The lowest BCUT2D eigenvalue weighted by atomic mass is 10.0. The van der Waals surface area contributed by atoms with E-state index in [-0.39, 0.29) is 6.79 Å². The number of nitrogens with one attached hydrogen (secondary N) is 1. The summed E-state index contributed by atoms with van der Waals surface area (Å²) in [6, 6.07) is 3.88. The molecule has 0 saturated heterocycles. The second kappa shape index (κ2) is 9.64. The van der Waals surface area contributed by atoms with Gasteiger partial charge in [0.15, 0.2) is 0 Å². The monoisotopic (exact) mass is 308 g/mol. The molecule has 1 N–H and O–H groups in total. The van der Waals surface area contributed by atoms with Crippen LogP contribution in [-0.4, -0.2) is 32.5 Å². The fourth-order valence-electron chi connectivity index (χ4n) is 3.00. The SMILES string of the molecule is COCOCc1nc(OC)ccc1NCCCC1CCCC1. The molecule has 1 aliphatic carbocycles. The van der Waals surface area contributed by atoms with Gasteiger partial charge in [-0.1, -0.05) is 25.7 Å². The summed E-state index contributed by atoms with van der Waals surface area (Å²) in [6.45, 7) is 1.65. The third-order valence-electron chi connectivity index (χ3n) is 4.18. The molecule has 0 unspecified atom stereocenters. The molecule has 0 atom stereocenters. The molecule has 0 amide bonds. The van der Waals surface area contributed by atoms with Crippen LogP contribution in [0.1, 0.15) is 44.2 Å². The van der Waals surface area contributed by atoms with Crippen LogP contribution in [0.2, 0.25) is 0 Å². The van der Waals surface area contributed by atoms with Crippen molar-refractivity contribution in [1.82, 2.24) is 4.98 Å². The van der Waals surface area contributed by atoms with E-state index in [2.05, 4.69) is 10.3 Å². The summed E-state index contributed by atoms with van der Waals surface area (Å²) < 4.78 is 15.5. The Labute approximate surface area is 133 Å². The van der Waals surface area contributed by atoms with Gasteiger partial charge in [-0.3, -0.25) is 0 Å². The zero-order valence-corrected chi connectivity index (χ0v) is 13.8. The van der Waals surface area contributed by atoms with Gasteiger partial charge in [-0.15, -0.1) is 0 Å². The first kappa shape index (κ1) is 17.0. The van der Waals surface area contributed by atoms with E-state index in [1.807, 2.05) is 12.1 Å². The van der Waals surface area contributed by atoms with Crippen LogP contribution in [0, 0.1) is 5.92 Å². The molecule has 5 nitrogen and oxygen atoms in total. The topological polar surface area (TPSA) is 52.6 Å². The maximum absolute atomic E-state index is 5.42. The number of hydrogen-bond donors (Lipinski definition) is 1. The van der Waals surface area contributed by atoms with Crippen LogP contribution in [0.3, 0.4) is 0 Å². The maximum Gasteiger partial charge on any atom is 0.213 e. The summed E-state index contributed by atoms with van der Waals surface area (Å²) in [5.74, 6) is 1.55. The van der Waals surface area contributed by atoms with Crippen molar-refractivity contribution in [1.29, 1.82) is 0 Å². The molecule has 0 bridgehead atoms. The van der Waals surface area contributed by atoms with Crippen molar-refractivity contribution in [2.45, 2.75) is 45.1 Å². The van der Waals surface area contributed by atoms with E-state index in [1.165, 1.54) is 38.5 Å². The Morgan fingerprint density at radius 3 is 2.77 bits per heavy atom. The van der Waals surface area contributed by atoms with Crippen LogP contribution in [-0.2, 0) is 16.1 Å². The zero-order chi connectivity index (χ0) is 15.6. The Hall–Kier alpha value is -1.33. The summed E-state index contributed by atoms with van der Waals surface area (Å²) in [7, 11) is 3.23. The molecule has 0 spiro atoms. The van der Waals surface area contributed by atoms with Gasteiger partial charge in [0.1, 0.15) is 6.79 Å². The van der Waals surface area contributed by atoms with Crippen LogP contribution >= 0.6 is 0 Å². The standard InChI is InChI=1S/C17H28N2O3/c1-20-13-22-12-16-15(9-10-17(19-16)21-2)18-11-5-8-14-6-3-4-7-14/h9-10,14,18H,3-8,11-13H2,1-2H3. The van der Waals surface area contributed by atoms with Gasteiger partial charge >= 0.3 is 0 Å². The van der Waals surface area contributed by atoms with Crippen molar-refractivity contribution in [3.05, 3.63) is 17.8 Å². The molecule has 0 radical (unpaired) electrons. The average molecular weight is 308 g/mol. The quantitative estimate of drug-likeness (QED) is 0.529. The van der Waals surface area contributed by atoms with Gasteiger partial charge in [0.2, 0.25) is 5.88 Å². The summed E-state index contributed by atoms with van der Waals surface area (Å²) in [5.41, 5.74) is 1.88. The molecule has 5 heteroatoms. The third kappa shape index (κ3) is 5.46. The molecule has 2 rings (SSSR count). The highest BCUT2D eigenvalue weighted by Gasteiger charge is 2.14. The van der Waals surface area contributed by atoms with E-state index >= 15 is 0 Å². The molecule has 22 heavy (non-hydrogen) atoms. The van der Waals surface area contributed by atoms with Gasteiger partial charge in [-0.05, 0) is 24.8 Å². The van der Waals surface area contributed by atoms with Crippen LogP contribution < -0.4 is 10.1 Å². The highest BCUT2D eigenvalue weighted by molar-refractivity contribution is 5.49. The van der Waals surface area contributed by atoms with E-state index in [4.69, 9.17) is 14.2 Å². The van der Waals surface area contributed by atoms with Crippen LogP contribution in [0.25, 0.3) is 0 Å². The van der Waals surface area contributed by atoms with Crippen molar-refractivity contribution in [2.75, 3.05) is 32.9 Å². The molecule has 0 aliphatic heterocycles. The maximum atomic E-state index is 5.42. The predicted molar refractivity (Wildman–Crippen MR) is 87.1 cm³/mol. The van der Waals surface area contributed by atoms with E-state index in [9.17, 15) is 0 Å². The number of pyridine rings is 1. The van der Waals surface area contributed by atoms with E-state index in [0.717, 1.165) is 23.8 Å². The zero-order valence-electron chi connectivity index (χ0n) is 13.8. The highest BCUT2D eigenvalue weighted by atomic mass is 16.7. The Kier molecular flexibility index (Phi) is 7.46. The Morgan fingerprint density at radius 2 is 2.05 bits per heavy atom. The first-order valence-electron chi connectivity index (χ1n) is 8.18. The van der Waals surface area contributed by atoms with Gasteiger partial charge in [0, 0.05) is 19.7 Å². The second-order valence-corrected chi connectivity index (χ2v) is 5.82. The smallest absolute Gasteiger partial charge is 0.213 e. The van der Waals surface area contributed by atoms with Crippen LogP contribution in [0.15, 0.2) is 12.1 Å². The third-order valence-corrected chi connectivity index (χ3v) is 4.18. The van der Waals surface area contributed by atoms with Gasteiger partial charge in [0.25, 0.3) is 0 Å². The number of methoxy groups -OCH3 is 2. The largest absolute Gasteiger partial charge is 0.481 e. The molecule has 1 aromatic heterocycles. The molecule has 1 heterocycles. The number of ether oxygens (including phenoxy) is 3. The molecule has 1 aromatic rings. The number of hydrogen-bond acceptors (Lipinski definition) is 5. The van der Waals surface area contributed by atoms with E-state index in [1.54, 1.807) is 14.2 Å². The first-order valence-corrected chi connectivity index (χ1v) is 8.18. The fraction of sp³-hybridized carbons (Fsp3) is 0.706. The predicted octanol–water partition coefficient (Wildman–Crippen LogP) is 3.59. The minimum absolute atomic E-state index is 0.264. The lowest BCUT2D eigenvalue weighted by molar-refractivity contribution is -0.0400. The number of aromatic nitrogens is 1. The van der Waals surface area contributed by atoms with Crippen molar-refractivity contribution >= 4 is 5.69 Å². The average Bonchev–Trinajstić information content (AvgIpc) is 3.06. The molecule has 0 aromatic carbocycles. The van der Waals surface area contributed by atoms with Crippen molar-refractivity contribution < 1.29 is 14.2 Å². The number of anilines is 1.